The molecule has 0 aromatic heterocycles. The topological polar surface area (TPSA) is 155 Å². The van der Waals surface area contributed by atoms with Gasteiger partial charge in [0.2, 0.25) is 0 Å². The van der Waals surface area contributed by atoms with Crippen LogP contribution in [-0.4, -0.2) is 88.9 Å². The minimum Gasteiger partial charge on any atom is -0.466 e. The van der Waals surface area contributed by atoms with Crippen molar-refractivity contribution in [1.29, 1.82) is 0 Å². The number of carbonyl (C=O) groups is 2. The average Bonchev–Trinajstić information content (AvgIpc) is 3.04. The molecule has 6 atom stereocenters. The first-order chi connectivity index (χ1) is 21.8. The molecule has 1 fully saturated rings. The van der Waals surface area contributed by atoms with Crippen LogP contribution in [-0.2, 0) is 23.8 Å². The molecule has 0 bridgehead atoms. The fourth-order valence-electron chi connectivity index (χ4n) is 5.68. The fourth-order valence-corrected chi connectivity index (χ4v) is 5.68. The number of hydrogen-bond acceptors (Lipinski definition) is 10. The first-order valence-electron chi connectivity index (χ1n) is 18.2. The molecular weight excluding hydrogens is 578 g/mol. The SMILES string of the molecule is CCCCCCCCCCCCOC(=O)CC[C@H](N[C@@H]1O[C@H](CO)[C@@H](O)[C@H](O)[C@H]1O)C(=O)OCCCCCCCCCCCC. The normalized spacial score (nSPS) is 22.3. The lowest BCUT2D eigenvalue weighted by Crippen LogP contribution is -2.64. The lowest BCUT2D eigenvalue weighted by atomic mass is 9.97. The summed E-state index contributed by atoms with van der Waals surface area (Å²) < 4.78 is 16.4. The van der Waals surface area contributed by atoms with Crippen molar-refractivity contribution in [2.75, 3.05) is 19.8 Å². The highest BCUT2D eigenvalue weighted by Crippen LogP contribution is 2.21. The van der Waals surface area contributed by atoms with E-state index in [0.29, 0.717) is 6.61 Å². The molecule has 5 N–H and O–H groups in total. The van der Waals surface area contributed by atoms with E-state index in [-0.39, 0.29) is 19.4 Å². The zero-order chi connectivity index (χ0) is 33.1. The zero-order valence-electron chi connectivity index (χ0n) is 28.5. The van der Waals surface area contributed by atoms with Crippen molar-refractivity contribution in [3.63, 3.8) is 0 Å². The van der Waals surface area contributed by atoms with Gasteiger partial charge in [0.25, 0.3) is 0 Å². The van der Waals surface area contributed by atoms with Gasteiger partial charge in [-0.25, -0.2) is 0 Å². The summed E-state index contributed by atoms with van der Waals surface area (Å²) in [5, 5.41) is 43.1. The summed E-state index contributed by atoms with van der Waals surface area (Å²) in [5.41, 5.74) is 0. The second-order valence-corrected chi connectivity index (χ2v) is 12.8. The van der Waals surface area contributed by atoms with Gasteiger partial charge < -0.3 is 34.6 Å². The van der Waals surface area contributed by atoms with Crippen LogP contribution in [0.1, 0.15) is 155 Å². The zero-order valence-corrected chi connectivity index (χ0v) is 28.5. The number of nitrogens with one attached hydrogen (secondary N) is 1. The number of carbonyl (C=O) groups excluding carboxylic acids is 2. The van der Waals surface area contributed by atoms with Crippen molar-refractivity contribution in [1.82, 2.24) is 5.32 Å². The number of ether oxygens (including phenoxy) is 3. The Labute approximate surface area is 273 Å². The molecule has 1 saturated heterocycles. The summed E-state index contributed by atoms with van der Waals surface area (Å²) in [6.07, 6.45) is 16.5. The molecule has 0 unspecified atom stereocenters. The van der Waals surface area contributed by atoms with Gasteiger partial charge >= 0.3 is 11.9 Å². The van der Waals surface area contributed by atoms with Crippen molar-refractivity contribution in [2.24, 2.45) is 0 Å². The Kier molecular flexibility index (Phi) is 25.8. The van der Waals surface area contributed by atoms with Gasteiger partial charge in [0.05, 0.1) is 19.8 Å². The third-order valence-electron chi connectivity index (χ3n) is 8.68. The van der Waals surface area contributed by atoms with E-state index in [1.807, 2.05) is 0 Å². The van der Waals surface area contributed by atoms with E-state index in [9.17, 15) is 30.0 Å². The van der Waals surface area contributed by atoms with E-state index >= 15 is 0 Å². The van der Waals surface area contributed by atoms with Gasteiger partial charge in [0, 0.05) is 6.42 Å². The average molecular weight is 646 g/mol. The van der Waals surface area contributed by atoms with Gasteiger partial charge in [-0.1, -0.05) is 129 Å². The molecule has 10 nitrogen and oxygen atoms in total. The summed E-state index contributed by atoms with van der Waals surface area (Å²) in [7, 11) is 0. The molecule has 1 aliphatic rings. The van der Waals surface area contributed by atoms with Crippen molar-refractivity contribution in [2.45, 2.75) is 192 Å². The van der Waals surface area contributed by atoms with Gasteiger partial charge in [-0.15, -0.1) is 0 Å². The number of aliphatic hydroxyl groups is 4. The highest BCUT2D eigenvalue weighted by Gasteiger charge is 2.44. The summed E-state index contributed by atoms with van der Waals surface area (Å²) in [5.74, 6) is -1.01. The lowest BCUT2D eigenvalue weighted by Gasteiger charge is -2.41. The number of rotatable bonds is 29. The van der Waals surface area contributed by atoms with Crippen LogP contribution in [0.25, 0.3) is 0 Å². The summed E-state index contributed by atoms with van der Waals surface area (Å²) in [6.45, 7) is 4.44. The first-order valence-corrected chi connectivity index (χ1v) is 18.2. The standard InChI is InChI=1S/C35H67NO9/c1-3-5-7-9-11-13-15-17-19-21-25-43-30(38)24-23-28(36-34-33(41)32(40)31(39)29(27-37)45-34)35(42)44-26-22-20-18-16-14-12-10-8-6-4-2/h28-29,31-34,36-37,39-41H,3-27H2,1-2H3/t28-,29+,31+,32-,33+,34+/m0/s1. The van der Waals surface area contributed by atoms with E-state index in [1.165, 1.54) is 89.9 Å². The minimum absolute atomic E-state index is 0.0415. The van der Waals surface area contributed by atoms with Crippen LogP contribution in [0.4, 0.5) is 0 Å². The monoisotopic (exact) mass is 645 g/mol. The third-order valence-corrected chi connectivity index (χ3v) is 8.68. The van der Waals surface area contributed by atoms with Gasteiger partial charge in [-0.2, -0.15) is 0 Å². The second-order valence-electron chi connectivity index (χ2n) is 12.8. The van der Waals surface area contributed by atoms with Crippen molar-refractivity contribution < 1.29 is 44.2 Å². The fraction of sp³-hybridized carbons (Fsp3) is 0.943. The summed E-state index contributed by atoms with van der Waals surface area (Å²) in [4.78, 5) is 25.5. The molecule has 0 aromatic rings. The third kappa shape index (κ3) is 19.8. The molecule has 0 radical (unpaired) electrons. The quantitative estimate of drug-likeness (QED) is 0.0524. The smallest absolute Gasteiger partial charge is 0.323 e. The van der Waals surface area contributed by atoms with Gasteiger partial charge in [0.1, 0.15) is 36.7 Å². The van der Waals surface area contributed by atoms with Crippen LogP contribution in [0.2, 0.25) is 0 Å². The minimum atomic E-state index is -1.58. The molecule has 0 saturated carbocycles. The molecule has 1 aliphatic heterocycles. The van der Waals surface area contributed by atoms with E-state index in [0.717, 1.165) is 38.5 Å². The molecule has 1 heterocycles. The van der Waals surface area contributed by atoms with Gasteiger partial charge in [0.15, 0.2) is 0 Å². The molecule has 45 heavy (non-hydrogen) atoms. The Hall–Kier alpha value is -1.30. The maximum absolute atomic E-state index is 13.0. The molecule has 0 spiro atoms. The van der Waals surface area contributed by atoms with E-state index in [1.54, 1.807) is 0 Å². The van der Waals surface area contributed by atoms with Gasteiger partial charge in [-0.3, -0.25) is 14.9 Å². The van der Waals surface area contributed by atoms with Crippen LogP contribution in [0.5, 0.6) is 0 Å². The molecule has 0 aliphatic carbocycles. The van der Waals surface area contributed by atoms with Crippen molar-refractivity contribution in [3.05, 3.63) is 0 Å². The van der Waals surface area contributed by atoms with Crippen LogP contribution < -0.4 is 5.32 Å². The predicted molar refractivity (Wildman–Crippen MR) is 176 cm³/mol. The number of hydrogen-bond donors (Lipinski definition) is 5. The Morgan fingerprint density at radius 2 is 1.09 bits per heavy atom. The Bertz CT molecular complexity index is 723. The van der Waals surface area contributed by atoms with Crippen LogP contribution in [0.3, 0.4) is 0 Å². The van der Waals surface area contributed by atoms with Gasteiger partial charge in [-0.05, 0) is 19.3 Å². The second kappa shape index (κ2) is 27.8. The summed E-state index contributed by atoms with van der Waals surface area (Å²) >= 11 is 0. The number of unbranched alkanes of at least 4 members (excludes halogenated alkanes) is 18. The van der Waals surface area contributed by atoms with Crippen LogP contribution in [0, 0.1) is 0 Å². The molecular formula is C35H67NO9. The number of aliphatic hydroxyl groups excluding tert-OH is 4. The summed E-state index contributed by atoms with van der Waals surface area (Å²) in [6, 6.07) is -1.01. The molecule has 0 amide bonds. The Morgan fingerprint density at radius 1 is 0.644 bits per heavy atom. The predicted octanol–water partition coefficient (Wildman–Crippen LogP) is 5.45. The molecule has 10 heteroatoms. The maximum Gasteiger partial charge on any atom is 0.323 e. The van der Waals surface area contributed by atoms with Crippen LogP contribution >= 0.6 is 0 Å². The van der Waals surface area contributed by atoms with Crippen LogP contribution in [0.15, 0.2) is 0 Å². The Balaban J connectivity index is 2.44. The first kappa shape index (κ1) is 41.7. The maximum atomic E-state index is 13.0. The lowest BCUT2D eigenvalue weighted by molar-refractivity contribution is -0.238. The molecule has 1 rings (SSSR count). The Morgan fingerprint density at radius 3 is 1.56 bits per heavy atom. The van der Waals surface area contributed by atoms with E-state index in [2.05, 4.69) is 19.2 Å². The highest BCUT2D eigenvalue weighted by atomic mass is 16.6. The molecule has 266 valence electrons. The molecule has 0 aromatic carbocycles. The van der Waals surface area contributed by atoms with Crippen molar-refractivity contribution in [3.8, 4) is 0 Å². The van der Waals surface area contributed by atoms with E-state index in [4.69, 9.17) is 14.2 Å². The largest absolute Gasteiger partial charge is 0.466 e. The van der Waals surface area contributed by atoms with E-state index < -0.39 is 55.2 Å². The van der Waals surface area contributed by atoms with Crippen molar-refractivity contribution >= 4 is 11.9 Å². The highest BCUT2D eigenvalue weighted by molar-refractivity contribution is 5.77. The number of esters is 2.